The monoisotopic (exact) mass is 460 g/mol. The van der Waals surface area contributed by atoms with Crippen LogP contribution in [0.1, 0.15) is 62.8 Å². The van der Waals surface area contributed by atoms with Gasteiger partial charge in [-0.05, 0) is 49.1 Å². The molecular weight excluding hydrogens is 432 g/mol. The van der Waals surface area contributed by atoms with Crippen molar-refractivity contribution in [3.63, 3.8) is 0 Å². The number of Topliss-reactive ketones (excluding diaryl/α,β-unsaturated/α-hetero) is 1. The van der Waals surface area contributed by atoms with Gasteiger partial charge in [0, 0.05) is 28.5 Å². The lowest BCUT2D eigenvalue weighted by molar-refractivity contribution is -0.173. The molecule has 1 aliphatic heterocycles. The van der Waals surface area contributed by atoms with Crippen LogP contribution in [0, 0.1) is 5.92 Å². The van der Waals surface area contributed by atoms with Crippen LogP contribution >= 0.6 is 0 Å². The molecule has 2 aromatic heterocycles. The van der Waals surface area contributed by atoms with E-state index in [4.69, 9.17) is 9.72 Å². The van der Waals surface area contributed by atoms with Gasteiger partial charge in [-0.25, -0.2) is 4.98 Å². The second kappa shape index (κ2) is 7.79. The zero-order chi connectivity index (χ0) is 24.4. The minimum absolute atomic E-state index is 0.162. The van der Waals surface area contributed by atoms with E-state index in [0.717, 1.165) is 28.5 Å². The van der Waals surface area contributed by atoms with Gasteiger partial charge in [-0.3, -0.25) is 14.4 Å². The zero-order valence-electron chi connectivity index (χ0n) is 19.9. The Labute approximate surface area is 197 Å². The molecule has 0 spiro atoms. The fourth-order valence-corrected chi connectivity index (χ4v) is 5.40. The van der Waals surface area contributed by atoms with Gasteiger partial charge < -0.3 is 14.4 Å². The largest absolute Gasteiger partial charge is 0.508 e. The number of ether oxygens (including phenoxy) is 1. The molecule has 0 bridgehead atoms. The first-order valence-corrected chi connectivity index (χ1v) is 11.9. The Kier molecular flexibility index (Phi) is 5.11. The van der Waals surface area contributed by atoms with E-state index in [2.05, 4.69) is 0 Å². The molecule has 1 atom stereocenters. The molecule has 1 aromatic carbocycles. The summed E-state index contributed by atoms with van der Waals surface area (Å²) in [6.45, 7) is 7.70. The third-order valence-electron chi connectivity index (χ3n) is 7.23. The molecule has 0 saturated heterocycles. The minimum atomic E-state index is -1.46. The van der Waals surface area contributed by atoms with Crippen LogP contribution in [0.4, 0.5) is 0 Å². The van der Waals surface area contributed by atoms with E-state index < -0.39 is 17.5 Å². The van der Waals surface area contributed by atoms with E-state index in [-0.39, 0.29) is 29.9 Å². The van der Waals surface area contributed by atoms with E-state index in [1.54, 1.807) is 36.6 Å². The van der Waals surface area contributed by atoms with Crippen molar-refractivity contribution in [3.8, 4) is 17.1 Å². The van der Waals surface area contributed by atoms with Crippen molar-refractivity contribution >= 4 is 22.7 Å². The number of fused-ring (bicyclic) bond motifs is 5. The number of aromatic nitrogens is 2. The quantitative estimate of drug-likeness (QED) is 0.462. The molecule has 34 heavy (non-hydrogen) atoms. The van der Waals surface area contributed by atoms with E-state index in [1.165, 1.54) is 0 Å². The summed E-state index contributed by atoms with van der Waals surface area (Å²) in [5.41, 5.74) is 3.48. The number of phenolic OH excluding ortho intramolecular Hbond substituents is 1. The average Bonchev–Trinajstić information content (AvgIpc) is 3.18. The molecule has 3 heterocycles. The Hall–Kier alpha value is -3.48. The number of nitrogens with zero attached hydrogens (tertiary/aromatic N) is 2. The van der Waals surface area contributed by atoms with Crippen molar-refractivity contribution in [2.24, 2.45) is 5.92 Å². The number of pyridine rings is 2. The molecule has 1 aliphatic carbocycles. The van der Waals surface area contributed by atoms with Gasteiger partial charge in [0.2, 0.25) is 0 Å². The van der Waals surface area contributed by atoms with Crippen LogP contribution < -0.4 is 5.56 Å². The Morgan fingerprint density at radius 1 is 1.18 bits per heavy atom. The lowest BCUT2D eigenvalue weighted by Gasteiger charge is -2.37. The summed E-state index contributed by atoms with van der Waals surface area (Å²) < 4.78 is 7.59. The molecule has 7 heteroatoms. The predicted octanol–water partition coefficient (Wildman–Crippen LogP) is 4.01. The van der Waals surface area contributed by atoms with E-state index in [9.17, 15) is 19.5 Å². The van der Waals surface area contributed by atoms with Crippen molar-refractivity contribution in [3.05, 3.63) is 56.9 Å². The Balaban J connectivity index is 1.78. The lowest BCUT2D eigenvalue weighted by Crippen LogP contribution is -2.47. The van der Waals surface area contributed by atoms with Gasteiger partial charge >= 0.3 is 5.97 Å². The summed E-state index contributed by atoms with van der Waals surface area (Å²) in [7, 11) is 0. The summed E-state index contributed by atoms with van der Waals surface area (Å²) in [5.74, 6) is -0.851. The smallest absolute Gasteiger partial charge is 0.309 e. The van der Waals surface area contributed by atoms with Crippen LogP contribution in [0.2, 0.25) is 0 Å². The topological polar surface area (TPSA) is 98.5 Å². The molecule has 0 fully saturated rings. The number of hydrogen-bond acceptors (Lipinski definition) is 6. The number of carbonyl (C=O) groups is 2. The van der Waals surface area contributed by atoms with Gasteiger partial charge in [0.05, 0.1) is 29.4 Å². The molecule has 0 saturated carbocycles. The molecule has 2 aliphatic rings. The molecule has 176 valence electrons. The molecule has 0 radical (unpaired) electrons. The van der Waals surface area contributed by atoms with Gasteiger partial charge in [-0.1, -0.05) is 27.7 Å². The highest BCUT2D eigenvalue weighted by atomic mass is 16.6. The highest BCUT2D eigenvalue weighted by molar-refractivity contribution is 5.94. The highest BCUT2D eigenvalue weighted by Crippen LogP contribution is 2.43. The molecule has 5 rings (SSSR count). The fourth-order valence-electron chi connectivity index (χ4n) is 5.40. The average molecular weight is 461 g/mol. The summed E-state index contributed by atoms with van der Waals surface area (Å²) in [6, 6.07) is 6.93. The number of esters is 1. The number of ketones is 1. The third-order valence-corrected chi connectivity index (χ3v) is 7.23. The number of hydrogen-bond donors (Lipinski definition) is 1. The van der Waals surface area contributed by atoms with Crippen LogP contribution in [0.5, 0.6) is 5.75 Å². The van der Waals surface area contributed by atoms with Crippen molar-refractivity contribution < 1.29 is 19.4 Å². The summed E-state index contributed by atoms with van der Waals surface area (Å²) in [5, 5.41) is 10.9. The zero-order valence-corrected chi connectivity index (χ0v) is 19.9. The number of benzene rings is 1. The maximum atomic E-state index is 13.7. The maximum Gasteiger partial charge on any atom is 0.309 e. The maximum absolute atomic E-state index is 13.7. The number of carbonyl (C=O) groups excluding carboxylic acids is 2. The standard InChI is InChI=1S/C27H28N2O5/c1-5-16-18-11-15(30)7-9-21(18)28-24-19(16)13-29-22(24)12-20-17(25(29)32)8-10-23(31)27(20,6-2)34-26(33)14(3)4/h7,9,11-12,14,30H,5-6,8,10,13H2,1-4H3/t27-/m0/s1. The van der Waals surface area contributed by atoms with Crippen LogP contribution in [0.3, 0.4) is 0 Å². The highest BCUT2D eigenvalue weighted by Gasteiger charge is 2.48. The first-order valence-electron chi connectivity index (χ1n) is 11.9. The van der Waals surface area contributed by atoms with E-state index >= 15 is 0 Å². The number of phenols is 1. The van der Waals surface area contributed by atoms with Crippen molar-refractivity contribution in [2.75, 3.05) is 0 Å². The predicted molar refractivity (Wildman–Crippen MR) is 128 cm³/mol. The number of rotatable bonds is 4. The Bertz CT molecular complexity index is 1440. The van der Waals surface area contributed by atoms with E-state index in [1.807, 2.05) is 19.9 Å². The first-order chi connectivity index (χ1) is 16.2. The van der Waals surface area contributed by atoms with Crippen LogP contribution in [0.25, 0.3) is 22.3 Å². The fraction of sp³-hybridized carbons (Fsp3) is 0.407. The molecule has 1 N–H and O–H groups in total. The minimum Gasteiger partial charge on any atom is -0.508 e. The van der Waals surface area contributed by atoms with Gasteiger partial charge in [-0.2, -0.15) is 0 Å². The molecular formula is C27H28N2O5. The first kappa shape index (κ1) is 22.3. The van der Waals surface area contributed by atoms with Gasteiger partial charge in [0.25, 0.3) is 5.56 Å². The number of aromatic hydroxyl groups is 1. The normalized spacial score (nSPS) is 18.7. The lowest BCUT2D eigenvalue weighted by atomic mass is 9.76. The third kappa shape index (κ3) is 3.02. The SMILES string of the molecule is CCc1c2c(nc3ccc(O)cc13)-c1cc3c(c(=O)n1C2)CCC(=O)[C@@]3(CC)OC(=O)C(C)C. The number of aryl methyl sites for hydroxylation is 1. The van der Waals surface area contributed by atoms with Crippen molar-refractivity contribution in [1.82, 2.24) is 9.55 Å². The summed E-state index contributed by atoms with van der Waals surface area (Å²) >= 11 is 0. The molecule has 7 nitrogen and oxygen atoms in total. The van der Waals surface area contributed by atoms with Gasteiger partial charge in [0.1, 0.15) is 5.75 Å². The van der Waals surface area contributed by atoms with Crippen LogP contribution in [0.15, 0.2) is 29.1 Å². The second-order valence-corrected chi connectivity index (χ2v) is 9.47. The summed E-state index contributed by atoms with van der Waals surface area (Å²) in [6.07, 6.45) is 1.47. The molecule has 3 aromatic rings. The second-order valence-electron chi connectivity index (χ2n) is 9.47. The van der Waals surface area contributed by atoms with Gasteiger partial charge in [-0.15, -0.1) is 0 Å². The molecule has 0 unspecified atom stereocenters. The van der Waals surface area contributed by atoms with Crippen molar-refractivity contribution in [1.29, 1.82) is 0 Å². The molecule has 0 amide bonds. The Morgan fingerprint density at radius 2 is 1.94 bits per heavy atom. The van der Waals surface area contributed by atoms with Crippen LogP contribution in [-0.2, 0) is 39.3 Å². The van der Waals surface area contributed by atoms with Gasteiger partial charge in [0.15, 0.2) is 11.4 Å². The summed E-state index contributed by atoms with van der Waals surface area (Å²) in [4.78, 5) is 44.4. The Morgan fingerprint density at radius 3 is 2.62 bits per heavy atom. The van der Waals surface area contributed by atoms with Crippen molar-refractivity contribution in [2.45, 2.75) is 65.5 Å². The van der Waals surface area contributed by atoms with Crippen LogP contribution in [-0.4, -0.2) is 26.4 Å². The van der Waals surface area contributed by atoms with E-state index in [0.29, 0.717) is 35.5 Å².